The summed E-state index contributed by atoms with van der Waals surface area (Å²) in [6.07, 6.45) is 3.57. The summed E-state index contributed by atoms with van der Waals surface area (Å²) in [6, 6.07) is 10.0. The first-order chi connectivity index (χ1) is 7.92. The quantitative estimate of drug-likeness (QED) is 0.539. The third-order valence-electron chi connectivity index (χ3n) is 1.55. The van der Waals surface area contributed by atoms with Gasteiger partial charge in [0.05, 0.1) is 0 Å². The second-order valence-electron chi connectivity index (χ2n) is 3.26. The van der Waals surface area contributed by atoms with Gasteiger partial charge in [-0.25, -0.2) is 4.98 Å². The molecule has 2 rings (SSSR count). The summed E-state index contributed by atoms with van der Waals surface area (Å²) in [7, 11) is -10.7. The maximum Gasteiger partial charge on any atom is 1.00 e. The van der Waals surface area contributed by atoms with E-state index in [1.165, 1.54) is 0 Å². The van der Waals surface area contributed by atoms with Crippen LogP contribution in [0.25, 0.3) is 11.4 Å². The Bertz CT molecular complexity index is 484. The number of halogens is 6. The van der Waals surface area contributed by atoms with Crippen molar-refractivity contribution in [1.29, 1.82) is 0 Å². The number of H-pyrrole nitrogens is 1. The molecule has 0 aliphatic rings. The van der Waals surface area contributed by atoms with Gasteiger partial charge in [0.1, 0.15) is 5.82 Å². The van der Waals surface area contributed by atoms with Crippen molar-refractivity contribution >= 4 is 7.81 Å². The summed E-state index contributed by atoms with van der Waals surface area (Å²) in [5, 5.41) is 0. The minimum absolute atomic E-state index is 0. The monoisotopic (exact) mass is 290 g/mol. The number of rotatable bonds is 1. The maximum atomic E-state index is 9.87. The van der Waals surface area contributed by atoms with Crippen molar-refractivity contribution in [1.82, 2.24) is 9.97 Å². The van der Waals surface area contributed by atoms with E-state index in [-0.39, 0.29) is 1.43 Å². The summed E-state index contributed by atoms with van der Waals surface area (Å²) in [6.45, 7) is 0. The van der Waals surface area contributed by atoms with Crippen LogP contribution in [0.1, 0.15) is 1.43 Å². The maximum absolute atomic E-state index is 10.7. The van der Waals surface area contributed by atoms with Crippen LogP contribution in [0.2, 0.25) is 0 Å². The molecule has 102 valence electrons. The van der Waals surface area contributed by atoms with Crippen LogP contribution in [0.15, 0.2) is 42.7 Å². The van der Waals surface area contributed by atoms with Crippen LogP contribution in [-0.4, -0.2) is 9.97 Å². The van der Waals surface area contributed by atoms with Crippen molar-refractivity contribution in [3.05, 3.63) is 42.7 Å². The normalized spacial score (nSPS) is 15.0. The average Bonchev–Trinajstić information content (AvgIpc) is 2.67. The van der Waals surface area contributed by atoms with E-state index in [0.29, 0.717) is 0 Å². The molecular weight excluding hydrogens is 281 g/mol. The molecule has 0 saturated carbocycles. The summed E-state index contributed by atoms with van der Waals surface area (Å²) in [4.78, 5) is 7.17. The minimum Gasteiger partial charge on any atom is -0.345 e. The van der Waals surface area contributed by atoms with Gasteiger partial charge in [-0.1, -0.05) is 30.3 Å². The number of imidazole rings is 1. The molecule has 0 aliphatic carbocycles. The van der Waals surface area contributed by atoms with Crippen molar-refractivity contribution in [2.45, 2.75) is 0 Å². The standard InChI is InChI=1S/C9H8N2.F6P/c1-2-4-8(5-3-1)9-10-6-7-11-9;1-7(2,3,4,5)6/h1-7H,(H,10,11);/q;-1/p+1. The number of nitrogens with one attached hydrogen (secondary N) is 1. The van der Waals surface area contributed by atoms with Crippen LogP contribution in [0.4, 0.5) is 25.2 Å². The molecule has 0 radical (unpaired) electrons. The molecule has 18 heavy (non-hydrogen) atoms. The third kappa shape index (κ3) is 8.58. The topological polar surface area (TPSA) is 28.7 Å². The smallest absolute Gasteiger partial charge is 0.345 e. The number of aromatic amines is 1. The molecule has 0 saturated heterocycles. The van der Waals surface area contributed by atoms with Gasteiger partial charge in [-0.05, 0) is 0 Å². The third-order valence-corrected chi connectivity index (χ3v) is 1.55. The molecule has 1 aromatic carbocycles. The molecule has 0 atom stereocenters. The van der Waals surface area contributed by atoms with E-state index in [2.05, 4.69) is 9.97 Å². The van der Waals surface area contributed by atoms with Crippen LogP contribution in [0.5, 0.6) is 0 Å². The second-order valence-corrected chi connectivity index (χ2v) is 5.18. The number of nitrogens with zero attached hydrogens (tertiary/aromatic N) is 1. The summed E-state index contributed by atoms with van der Waals surface area (Å²) < 4.78 is 59.2. The zero-order chi connectivity index (χ0) is 13.9. The first-order valence-electron chi connectivity index (χ1n) is 4.53. The first-order valence-corrected chi connectivity index (χ1v) is 6.56. The molecule has 1 aromatic heterocycles. The summed E-state index contributed by atoms with van der Waals surface area (Å²) in [5.41, 5.74) is 1.12. The van der Waals surface area contributed by atoms with Gasteiger partial charge in [-0.2, -0.15) is 0 Å². The Hall–Kier alpha value is -1.56. The Morgan fingerprint density at radius 3 is 1.83 bits per heavy atom. The molecule has 0 aliphatic heterocycles. The molecule has 1 N–H and O–H groups in total. The van der Waals surface area contributed by atoms with Gasteiger partial charge in [-0.3, -0.25) is 0 Å². The van der Waals surface area contributed by atoms with Crippen molar-refractivity contribution in [3.63, 3.8) is 0 Å². The van der Waals surface area contributed by atoms with Crippen molar-refractivity contribution in [3.8, 4) is 11.4 Å². The largest absolute Gasteiger partial charge is 1.00 e. The van der Waals surface area contributed by atoms with Crippen molar-refractivity contribution in [2.75, 3.05) is 0 Å². The molecule has 1 heterocycles. The van der Waals surface area contributed by atoms with E-state index in [9.17, 15) is 25.2 Å². The molecule has 0 unspecified atom stereocenters. The fourth-order valence-electron chi connectivity index (χ4n) is 1.02. The first kappa shape index (κ1) is 14.5. The second kappa shape index (κ2) is 3.98. The Labute approximate surface area is 99.4 Å². The molecule has 9 heteroatoms. The van der Waals surface area contributed by atoms with E-state index < -0.39 is 7.81 Å². The van der Waals surface area contributed by atoms with Crippen LogP contribution < -0.4 is 0 Å². The molecule has 0 bridgehead atoms. The van der Waals surface area contributed by atoms with Crippen LogP contribution in [0.3, 0.4) is 0 Å². The van der Waals surface area contributed by atoms with E-state index in [0.717, 1.165) is 11.4 Å². The Morgan fingerprint density at radius 2 is 1.44 bits per heavy atom. The van der Waals surface area contributed by atoms with Crippen LogP contribution in [0, 0.1) is 0 Å². The molecular formula is C9H9F6N2P. The van der Waals surface area contributed by atoms with Gasteiger partial charge in [-0.15, -0.1) is 0 Å². The Morgan fingerprint density at radius 1 is 0.944 bits per heavy atom. The molecule has 0 amide bonds. The van der Waals surface area contributed by atoms with Gasteiger partial charge in [0, 0.05) is 18.0 Å². The number of hydrogen-bond donors (Lipinski definition) is 1. The van der Waals surface area contributed by atoms with Gasteiger partial charge in [0.2, 0.25) is 0 Å². The zero-order valence-electron chi connectivity index (χ0n) is 9.70. The number of hydrogen-bond acceptors (Lipinski definition) is 1. The van der Waals surface area contributed by atoms with E-state index >= 15 is 0 Å². The van der Waals surface area contributed by atoms with Gasteiger partial charge in [0.25, 0.3) is 0 Å². The molecule has 2 aromatic rings. The summed E-state index contributed by atoms with van der Waals surface area (Å²) >= 11 is 0. The fraction of sp³-hybridized carbons (Fsp3) is 0. The molecule has 0 fully saturated rings. The predicted octanol–water partition coefficient (Wildman–Crippen LogP) is 5.57. The molecule has 2 nitrogen and oxygen atoms in total. The van der Waals surface area contributed by atoms with Gasteiger partial charge >= 0.3 is 34.4 Å². The average molecular weight is 290 g/mol. The zero-order valence-corrected chi connectivity index (χ0v) is 9.60. The number of aromatic nitrogens is 2. The SMILES string of the molecule is F[P-](F)(F)(F)(F)F.[H+].c1ccc(-c2ncc[nH]2)cc1. The molecule has 0 spiro atoms. The predicted molar refractivity (Wildman–Crippen MR) is 58.7 cm³/mol. The Kier molecular flexibility index (Phi) is 3.21. The number of benzene rings is 1. The Balaban J connectivity index is 0.000000360. The van der Waals surface area contributed by atoms with E-state index in [1.54, 1.807) is 6.20 Å². The van der Waals surface area contributed by atoms with E-state index in [4.69, 9.17) is 0 Å². The minimum atomic E-state index is -10.7. The summed E-state index contributed by atoms with van der Waals surface area (Å²) in [5.74, 6) is 0.922. The fourth-order valence-corrected chi connectivity index (χ4v) is 1.02. The van der Waals surface area contributed by atoms with Gasteiger partial charge < -0.3 is 4.98 Å². The van der Waals surface area contributed by atoms with Gasteiger partial charge in [0.15, 0.2) is 0 Å². The van der Waals surface area contributed by atoms with E-state index in [1.807, 2.05) is 36.5 Å². The van der Waals surface area contributed by atoms with Crippen molar-refractivity contribution in [2.24, 2.45) is 0 Å². The van der Waals surface area contributed by atoms with Crippen LogP contribution >= 0.6 is 7.81 Å². The van der Waals surface area contributed by atoms with Crippen LogP contribution in [-0.2, 0) is 0 Å². The van der Waals surface area contributed by atoms with Crippen molar-refractivity contribution < 1.29 is 26.6 Å².